The normalized spacial score (nSPS) is 12.7. The van der Waals surface area contributed by atoms with E-state index in [0.717, 1.165) is 17.7 Å². The average molecular weight is 368 g/mol. The predicted molar refractivity (Wildman–Crippen MR) is 96.3 cm³/mol. The highest BCUT2D eigenvalue weighted by molar-refractivity contribution is 7.80. The Morgan fingerprint density at radius 1 is 1.20 bits per heavy atom. The van der Waals surface area contributed by atoms with Crippen molar-refractivity contribution >= 4 is 23.0 Å². The minimum atomic E-state index is -4.35. The third kappa shape index (κ3) is 5.68. The van der Waals surface area contributed by atoms with Crippen LogP contribution in [0.25, 0.3) is 0 Å². The summed E-state index contributed by atoms with van der Waals surface area (Å²) in [5.41, 5.74) is 0.840. The second-order valence-electron chi connectivity index (χ2n) is 5.68. The van der Waals surface area contributed by atoms with Crippen LogP contribution in [0.2, 0.25) is 0 Å². The highest BCUT2D eigenvalue weighted by Gasteiger charge is 2.29. The lowest BCUT2D eigenvalue weighted by molar-refractivity contribution is -0.137. The molecule has 0 aliphatic carbocycles. The molecule has 1 atom stereocenters. The first-order chi connectivity index (χ1) is 11.8. The summed E-state index contributed by atoms with van der Waals surface area (Å²) in [7, 11) is 3.90. The summed E-state index contributed by atoms with van der Waals surface area (Å²) >= 11 is 5.22. The van der Waals surface area contributed by atoms with Crippen LogP contribution < -0.4 is 10.6 Å². The largest absolute Gasteiger partial charge is 0.416 e. The molecule has 0 radical (unpaired) electrons. The molecule has 0 saturated carbocycles. The first-order valence-corrected chi connectivity index (χ1v) is 7.96. The number of thiocarbonyl (C=S) groups is 1. The van der Waals surface area contributed by atoms with Gasteiger partial charge in [0.2, 0.25) is 0 Å². The maximum absolute atomic E-state index is 12.6. The van der Waals surface area contributed by atoms with E-state index in [-0.39, 0.29) is 6.04 Å². The molecule has 2 rings (SSSR count). The summed E-state index contributed by atoms with van der Waals surface area (Å²) in [6.45, 7) is 0.533. The van der Waals surface area contributed by atoms with Crippen LogP contribution in [-0.4, -0.2) is 35.6 Å². The molecule has 0 aliphatic rings. The van der Waals surface area contributed by atoms with Gasteiger partial charge in [-0.3, -0.25) is 4.98 Å². The third-order valence-corrected chi connectivity index (χ3v) is 3.86. The Bertz CT molecular complexity index is 687. The molecule has 0 fully saturated rings. The van der Waals surface area contributed by atoms with Gasteiger partial charge < -0.3 is 15.5 Å². The van der Waals surface area contributed by atoms with Gasteiger partial charge in [-0.25, -0.2) is 0 Å². The van der Waals surface area contributed by atoms with Crippen LogP contribution in [0.15, 0.2) is 48.8 Å². The monoisotopic (exact) mass is 368 g/mol. The first kappa shape index (κ1) is 19.1. The fourth-order valence-corrected chi connectivity index (χ4v) is 2.48. The average Bonchev–Trinajstić information content (AvgIpc) is 2.55. The summed E-state index contributed by atoms with van der Waals surface area (Å²) in [6.07, 6.45) is -0.848. The molecule has 134 valence electrons. The Hall–Kier alpha value is -2.19. The zero-order valence-corrected chi connectivity index (χ0v) is 14.7. The van der Waals surface area contributed by atoms with E-state index in [9.17, 15) is 13.2 Å². The van der Waals surface area contributed by atoms with Crippen LogP contribution in [0.3, 0.4) is 0 Å². The maximum Gasteiger partial charge on any atom is 0.416 e. The Balaban J connectivity index is 1.93. The zero-order valence-electron chi connectivity index (χ0n) is 13.8. The van der Waals surface area contributed by atoms with Crippen molar-refractivity contribution in [2.45, 2.75) is 12.2 Å². The number of aromatic nitrogens is 1. The number of hydrogen-bond donors (Lipinski definition) is 2. The molecule has 0 bridgehead atoms. The number of anilines is 1. The molecule has 0 unspecified atom stereocenters. The molecule has 8 heteroatoms. The van der Waals surface area contributed by atoms with Gasteiger partial charge in [-0.2, -0.15) is 13.2 Å². The highest BCUT2D eigenvalue weighted by Crippen LogP contribution is 2.29. The predicted octanol–water partition coefficient (Wildman–Crippen LogP) is 3.69. The molecule has 0 amide bonds. The van der Waals surface area contributed by atoms with Crippen LogP contribution in [0.4, 0.5) is 18.9 Å². The van der Waals surface area contributed by atoms with Gasteiger partial charge >= 0.3 is 6.18 Å². The van der Waals surface area contributed by atoms with Crippen molar-refractivity contribution in [2.75, 3.05) is 26.0 Å². The fraction of sp³-hybridized carbons (Fsp3) is 0.294. The fourth-order valence-electron chi connectivity index (χ4n) is 2.28. The first-order valence-electron chi connectivity index (χ1n) is 7.56. The van der Waals surface area contributed by atoms with E-state index in [4.69, 9.17) is 12.2 Å². The van der Waals surface area contributed by atoms with E-state index in [0.29, 0.717) is 17.3 Å². The van der Waals surface area contributed by atoms with Gasteiger partial charge in [0.15, 0.2) is 5.11 Å². The lowest BCUT2D eigenvalue weighted by Gasteiger charge is -2.25. The van der Waals surface area contributed by atoms with Crippen LogP contribution >= 0.6 is 12.2 Å². The summed E-state index contributed by atoms with van der Waals surface area (Å²) in [5.74, 6) is 0. The van der Waals surface area contributed by atoms with Crippen molar-refractivity contribution in [1.82, 2.24) is 15.2 Å². The maximum atomic E-state index is 12.6. The zero-order chi connectivity index (χ0) is 18.4. The molecule has 1 aromatic carbocycles. The van der Waals surface area contributed by atoms with Crippen molar-refractivity contribution < 1.29 is 13.2 Å². The van der Waals surface area contributed by atoms with Crippen LogP contribution in [0, 0.1) is 0 Å². The van der Waals surface area contributed by atoms with Crippen molar-refractivity contribution in [2.24, 2.45) is 0 Å². The molecule has 0 saturated heterocycles. The Morgan fingerprint density at radius 2 is 1.88 bits per heavy atom. The lowest BCUT2D eigenvalue weighted by Crippen LogP contribution is -2.36. The molecule has 4 nitrogen and oxygen atoms in total. The topological polar surface area (TPSA) is 40.2 Å². The van der Waals surface area contributed by atoms with Crippen molar-refractivity contribution in [3.05, 3.63) is 59.9 Å². The number of pyridine rings is 1. The number of nitrogens with one attached hydrogen (secondary N) is 2. The van der Waals surface area contributed by atoms with Gasteiger partial charge in [0, 0.05) is 24.6 Å². The molecule has 2 aromatic rings. The Labute approximate surface area is 150 Å². The van der Waals surface area contributed by atoms with E-state index in [1.54, 1.807) is 12.4 Å². The Morgan fingerprint density at radius 3 is 2.40 bits per heavy atom. The van der Waals surface area contributed by atoms with Crippen molar-refractivity contribution in [1.29, 1.82) is 0 Å². The van der Waals surface area contributed by atoms with Crippen LogP contribution in [0.1, 0.15) is 17.2 Å². The van der Waals surface area contributed by atoms with Crippen LogP contribution in [-0.2, 0) is 6.18 Å². The van der Waals surface area contributed by atoms with Gasteiger partial charge in [0.1, 0.15) is 0 Å². The van der Waals surface area contributed by atoms with E-state index in [1.807, 2.05) is 31.1 Å². The molecule has 1 heterocycles. The van der Waals surface area contributed by atoms with Gasteiger partial charge in [0.05, 0.1) is 11.6 Å². The number of likely N-dealkylation sites (N-methyl/N-ethyl adjacent to an activating group) is 1. The minimum Gasteiger partial charge on any atom is -0.361 e. The third-order valence-electron chi connectivity index (χ3n) is 3.62. The summed E-state index contributed by atoms with van der Waals surface area (Å²) in [6, 6.07) is 8.63. The SMILES string of the molecule is CN(C)[C@@H](CNC(=S)Nc1ccc(C(F)(F)F)cc1)c1cccnc1. The standard InChI is InChI=1S/C17H19F3N4S/c1-24(2)15(12-4-3-9-21-10-12)11-22-16(25)23-14-7-5-13(6-8-14)17(18,19)20/h3-10,15H,11H2,1-2H3,(H2,22,23,25)/t15-/m0/s1. The van der Waals surface area contributed by atoms with E-state index in [1.165, 1.54) is 12.1 Å². The van der Waals surface area contributed by atoms with Gasteiger partial charge in [-0.1, -0.05) is 6.07 Å². The smallest absolute Gasteiger partial charge is 0.361 e. The quantitative estimate of drug-likeness (QED) is 0.788. The Kier molecular flexibility index (Phi) is 6.33. The molecule has 0 spiro atoms. The van der Waals surface area contributed by atoms with Crippen molar-refractivity contribution in [3.63, 3.8) is 0 Å². The van der Waals surface area contributed by atoms with E-state index in [2.05, 4.69) is 15.6 Å². The number of rotatable bonds is 5. The number of hydrogen-bond acceptors (Lipinski definition) is 3. The minimum absolute atomic E-state index is 0.0565. The molecule has 1 aromatic heterocycles. The van der Waals surface area contributed by atoms with Crippen LogP contribution in [0.5, 0.6) is 0 Å². The van der Waals surface area contributed by atoms with Crippen molar-refractivity contribution in [3.8, 4) is 0 Å². The number of alkyl halides is 3. The number of benzene rings is 1. The van der Waals surface area contributed by atoms with Gasteiger partial charge in [0.25, 0.3) is 0 Å². The second kappa shape index (κ2) is 8.26. The molecular formula is C17H19F3N4S. The summed E-state index contributed by atoms with van der Waals surface area (Å²) < 4.78 is 37.7. The molecule has 25 heavy (non-hydrogen) atoms. The van der Waals surface area contributed by atoms with E-state index < -0.39 is 11.7 Å². The summed E-state index contributed by atoms with van der Waals surface area (Å²) in [5, 5.41) is 6.31. The highest BCUT2D eigenvalue weighted by atomic mass is 32.1. The van der Waals surface area contributed by atoms with E-state index >= 15 is 0 Å². The second-order valence-corrected chi connectivity index (χ2v) is 6.08. The molecular weight excluding hydrogens is 349 g/mol. The summed E-state index contributed by atoms with van der Waals surface area (Å²) in [4.78, 5) is 6.15. The number of halogens is 3. The molecule has 2 N–H and O–H groups in total. The number of nitrogens with zero attached hydrogens (tertiary/aromatic N) is 2. The molecule has 0 aliphatic heterocycles. The van der Waals surface area contributed by atoms with Gasteiger partial charge in [-0.15, -0.1) is 0 Å². The van der Waals surface area contributed by atoms with Gasteiger partial charge in [-0.05, 0) is 62.2 Å². The lowest BCUT2D eigenvalue weighted by atomic mass is 10.1.